The van der Waals surface area contributed by atoms with Crippen LogP contribution in [-0.4, -0.2) is 16.3 Å². The Labute approximate surface area is 101 Å². The lowest BCUT2D eigenvalue weighted by Gasteiger charge is -2.25. The highest BCUT2D eigenvalue weighted by atomic mass is 15.3. The molecule has 0 spiro atoms. The van der Waals surface area contributed by atoms with Gasteiger partial charge < -0.3 is 5.32 Å². The number of nitrogens with zero attached hydrogens (tertiary/aromatic N) is 2. The van der Waals surface area contributed by atoms with Crippen LogP contribution in [0.4, 0.5) is 5.82 Å². The fourth-order valence-electron chi connectivity index (χ4n) is 2.47. The van der Waals surface area contributed by atoms with Crippen molar-refractivity contribution in [1.82, 2.24) is 9.78 Å². The number of nitrogens with one attached hydrogen (secondary N) is 1. The molecule has 88 valence electrons. The van der Waals surface area contributed by atoms with Crippen LogP contribution in [0.1, 0.15) is 22.7 Å². The molecule has 0 amide bonds. The van der Waals surface area contributed by atoms with Gasteiger partial charge in [0.05, 0.1) is 12.2 Å². The first-order valence-corrected chi connectivity index (χ1v) is 6.08. The maximum Gasteiger partial charge on any atom is 0.127 e. The molecule has 0 aliphatic carbocycles. The van der Waals surface area contributed by atoms with Crippen molar-refractivity contribution in [3.8, 4) is 0 Å². The molecule has 1 atom stereocenters. The first-order valence-electron chi connectivity index (χ1n) is 6.08. The molecule has 3 nitrogen and oxygen atoms in total. The van der Waals surface area contributed by atoms with Gasteiger partial charge in [0.15, 0.2) is 0 Å². The van der Waals surface area contributed by atoms with Crippen LogP contribution in [0, 0.1) is 13.8 Å². The molecule has 0 saturated heterocycles. The first kappa shape index (κ1) is 10.4. The van der Waals surface area contributed by atoms with Crippen LogP contribution in [-0.2, 0) is 6.54 Å². The number of benzene rings is 1. The fourth-order valence-corrected chi connectivity index (χ4v) is 2.47. The monoisotopic (exact) mass is 227 g/mol. The van der Waals surface area contributed by atoms with E-state index >= 15 is 0 Å². The van der Waals surface area contributed by atoms with E-state index in [4.69, 9.17) is 0 Å². The summed E-state index contributed by atoms with van der Waals surface area (Å²) in [7, 11) is 0. The van der Waals surface area contributed by atoms with Crippen molar-refractivity contribution in [1.29, 1.82) is 0 Å². The second kappa shape index (κ2) is 3.91. The van der Waals surface area contributed by atoms with Gasteiger partial charge in [-0.25, -0.2) is 4.68 Å². The second-order valence-electron chi connectivity index (χ2n) is 4.73. The average molecular weight is 227 g/mol. The van der Waals surface area contributed by atoms with Crippen molar-refractivity contribution in [3.63, 3.8) is 0 Å². The topological polar surface area (TPSA) is 29.9 Å². The highest BCUT2D eigenvalue weighted by Crippen LogP contribution is 2.28. The van der Waals surface area contributed by atoms with Gasteiger partial charge in [-0.15, -0.1) is 0 Å². The third-order valence-corrected chi connectivity index (χ3v) is 3.61. The number of rotatable bonds is 1. The molecule has 1 aliphatic heterocycles. The quantitative estimate of drug-likeness (QED) is 0.811. The number of aryl methyl sites for hydroxylation is 1. The molecule has 1 N–H and O–H groups in total. The summed E-state index contributed by atoms with van der Waals surface area (Å²) in [5.74, 6) is 1.71. The summed E-state index contributed by atoms with van der Waals surface area (Å²) < 4.78 is 2.10. The molecule has 3 heteroatoms. The van der Waals surface area contributed by atoms with Gasteiger partial charge in [-0.05, 0) is 19.4 Å². The molecule has 17 heavy (non-hydrogen) atoms. The molecular weight excluding hydrogens is 210 g/mol. The highest BCUT2D eigenvalue weighted by molar-refractivity contribution is 5.48. The summed E-state index contributed by atoms with van der Waals surface area (Å²) in [4.78, 5) is 0. The van der Waals surface area contributed by atoms with Crippen LogP contribution in [0.25, 0.3) is 0 Å². The Hall–Kier alpha value is -1.77. The van der Waals surface area contributed by atoms with Crippen LogP contribution in [0.3, 0.4) is 0 Å². The van der Waals surface area contributed by atoms with Gasteiger partial charge in [0.25, 0.3) is 0 Å². The zero-order valence-electron chi connectivity index (χ0n) is 10.3. The van der Waals surface area contributed by atoms with Gasteiger partial charge in [-0.3, -0.25) is 0 Å². The molecule has 1 unspecified atom stereocenters. The van der Waals surface area contributed by atoms with Crippen LogP contribution >= 0.6 is 0 Å². The highest BCUT2D eigenvalue weighted by Gasteiger charge is 2.22. The average Bonchev–Trinajstić information content (AvgIpc) is 2.66. The van der Waals surface area contributed by atoms with E-state index in [1.807, 2.05) is 0 Å². The molecule has 2 heterocycles. The van der Waals surface area contributed by atoms with Crippen LogP contribution in [0.15, 0.2) is 30.3 Å². The standard InChI is InChI=1S/C14H17N3/c1-10-11(2)16-17-9-13(8-15-14(10)17)12-6-4-3-5-7-12/h3-7,13,15H,8-9H2,1-2H3. The molecule has 1 aromatic carbocycles. The maximum atomic E-state index is 4.58. The van der Waals surface area contributed by atoms with Crippen molar-refractivity contribution in [2.75, 3.05) is 11.9 Å². The van der Waals surface area contributed by atoms with E-state index in [1.165, 1.54) is 16.9 Å². The third-order valence-electron chi connectivity index (χ3n) is 3.61. The van der Waals surface area contributed by atoms with Crippen molar-refractivity contribution in [3.05, 3.63) is 47.2 Å². The predicted molar refractivity (Wildman–Crippen MR) is 69.4 cm³/mol. The minimum Gasteiger partial charge on any atom is -0.369 e. The molecule has 0 saturated carbocycles. The van der Waals surface area contributed by atoms with E-state index in [0.29, 0.717) is 5.92 Å². The Bertz CT molecular complexity index is 528. The zero-order chi connectivity index (χ0) is 11.8. The Balaban J connectivity index is 1.91. The summed E-state index contributed by atoms with van der Waals surface area (Å²) in [6.45, 7) is 6.17. The van der Waals surface area contributed by atoms with Crippen LogP contribution in [0.2, 0.25) is 0 Å². The molecule has 1 aliphatic rings. The first-order chi connectivity index (χ1) is 8.25. The lowest BCUT2D eigenvalue weighted by molar-refractivity contribution is 0.503. The largest absolute Gasteiger partial charge is 0.369 e. The second-order valence-corrected chi connectivity index (χ2v) is 4.73. The summed E-state index contributed by atoms with van der Waals surface area (Å²) in [6.07, 6.45) is 0. The van der Waals surface area contributed by atoms with E-state index in [2.05, 4.69) is 59.3 Å². The fraction of sp³-hybridized carbons (Fsp3) is 0.357. The van der Waals surface area contributed by atoms with Crippen molar-refractivity contribution >= 4 is 5.82 Å². The lowest BCUT2D eigenvalue weighted by atomic mass is 9.98. The normalized spacial score (nSPS) is 18.6. The lowest BCUT2D eigenvalue weighted by Crippen LogP contribution is -2.26. The molecule has 0 fully saturated rings. The van der Waals surface area contributed by atoms with Crippen LogP contribution in [0.5, 0.6) is 0 Å². The number of anilines is 1. The van der Waals surface area contributed by atoms with Gasteiger partial charge >= 0.3 is 0 Å². The van der Waals surface area contributed by atoms with Gasteiger partial charge in [-0.1, -0.05) is 30.3 Å². The van der Waals surface area contributed by atoms with Gasteiger partial charge in [0, 0.05) is 18.0 Å². The maximum absolute atomic E-state index is 4.58. The molecule has 0 bridgehead atoms. The minimum atomic E-state index is 0.516. The SMILES string of the molecule is Cc1nn2c(c1C)NCC(c1ccccc1)C2. The summed E-state index contributed by atoms with van der Waals surface area (Å²) in [5, 5.41) is 8.08. The smallest absolute Gasteiger partial charge is 0.127 e. The van der Waals surface area contributed by atoms with E-state index in [9.17, 15) is 0 Å². The Morgan fingerprint density at radius 2 is 2.00 bits per heavy atom. The number of hydrogen-bond donors (Lipinski definition) is 1. The number of fused-ring (bicyclic) bond motifs is 1. The van der Waals surface area contributed by atoms with E-state index < -0.39 is 0 Å². The van der Waals surface area contributed by atoms with Crippen molar-refractivity contribution in [2.45, 2.75) is 26.3 Å². The molecule has 2 aromatic rings. The summed E-state index contributed by atoms with van der Waals surface area (Å²) in [5.41, 5.74) is 3.79. The number of hydrogen-bond acceptors (Lipinski definition) is 2. The summed E-state index contributed by atoms with van der Waals surface area (Å²) in [6, 6.07) is 10.7. The van der Waals surface area contributed by atoms with Crippen LogP contribution < -0.4 is 5.32 Å². The minimum absolute atomic E-state index is 0.516. The van der Waals surface area contributed by atoms with Crippen molar-refractivity contribution in [2.24, 2.45) is 0 Å². The molecular formula is C14H17N3. The zero-order valence-corrected chi connectivity index (χ0v) is 10.3. The van der Waals surface area contributed by atoms with Gasteiger partial charge in [0.2, 0.25) is 0 Å². The molecule has 1 aromatic heterocycles. The predicted octanol–water partition coefficient (Wildman–Crippen LogP) is 2.71. The molecule has 0 radical (unpaired) electrons. The van der Waals surface area contributed by atoms with Gasteiger partial charge in [0.1, 0.15) is 5.82 Å². The Kier molecular flexibility index (Phi) is 2.39. The number of aromatic nitrogens is 2. The van der Waals surface area contributed by atoms with E-state index in [-0.39, 0.29) is 0 Å². The third kappa shape index (κ3) is 1.71. The molecule has 3 rings (SSSR count). The van der Waals surface area contributed by atoms with Gasteiger partial charge in [-0.2, -0.15) is 5.10 Å². The Morgan fingerprint density at radius 3 is 2.76 bits per heavy atom. The van der Waals surface area contributed by atoms with E-state index in [1.54, 1.807) is 0 Å². The van der Waals surface area contributed by atoms with Crippen molar-refractivity contribution < 1.29 is 0 Å². The van der Waals surface area contributed by atoms with E-state index in [0.717, 1.165) is 18.8 Å². The Morgan fingerprint density at radius 1 is 1.24 bits per heavy atom. The summed E-state index contributed by atoms with van der Waals surface area (Å²) >= 11 is 0.